The van der Waals surface area contributed by atoms with E-state index in [9.17, 15) is 4.39 Å². The van der Waals surface area contributed by atoms with E-state index in [0.29, 0.717) is 16.8 Å². The molecule has 0 saturated carbocycles. The van der Waals surface area contributed by atoms with Crippen molar-refractivity contribution in [2.75, 3.05) is 0 Å². The second kappa shape index (κ2) is 5.52. The van der Waals surface area contributed by atoms with Crippen LogP contribution in [0.4, 0.5) is 4.39 Å². The summed E-state index contributed by atoms with van der Waals surface area (Å²) in [5.74, 6) is -0.292. The molecule has 0 saturated heterocycles. The number of aromatic nitrogens is 2. The third-order valence-electron chi connectivity index (χ3n) is 2.80. The fourth-order valence-electron chi connectivity index (χ4n) is 1.65. The Morgan fingerprint density at radius 2 is 2.10 bits per heavy atom. The normalized spacial score (nSPS) is 11.4. The highest BCUT2D eigenvalue weighted by atomic mass is 19.1. The van der Waals surface area contributed by atoms with Gasteiger partial charge >= 0.3 is 0 Å². The Bertz CT molecular complexity index is 673. The Balaban J connectivity index is 2.49. The predicted octanol–water partition coefficient (Wildman–Crippen LogP) is 2.12. The topological polar surface area (TPSA) is 93.6 Å². The minimum absolute atomic E-state index is 0.0500. The van der Waals surface area contributed by atoms with Gasteiger partial charge in [-0.2, -0.15) is 5.10 Å². The molecule has 2 rings (SSSR count). The molecule has 0 atom stereocenters. The zero-order valence-electron chi connectivity index (χ0n) is 11.0. The van der Waals surface area contributed by atoms with Crippen LogP contribution in [0.5, 0.6) is 11.6 Å². The van der Waals surface area contributed by atoms with Crippen LogP contribution in [0, 0.1) is 19.7 Å². The summed E-state index contributed by atoms with van der Waals surface area (Å²) in [5.41, 5.74) is 7.24. The van der Waals surface area contributed by atoms with Crippen LogP contribution in [-0.4, -0.2) is 21.2 Å². The van der Waals surface area contributed by atoms with Crippen LogP contribution in [0.1, 0.15) is 16.8 Å². The molecule has 0 bridgehead atoms. The van der Waals surface area contributed by atoms with Gasteiger partial charge in [0, 0.05) is 6.07 Å². The first-order chi connectivity index (χ1) is 9.52. The smallest absolute Gasteiger partial charge is 0.250 e. The lowest BCUT2D eigenvalue weighted by atomic mass is 10.1. The number of hydrogen-bond donors (Lipinski definition) is 2. The highest BCUT2D eigenvalue weighted by Crippen LogP contribution is 2.26. The number of halogens is 1. The highest BCUT2D eigenvalue weighted by molar-refractivity contribution is 6.00. The third kappa shape index (κ3) is 2.66. The van der Waals surface area contributed by atoms with Gasteiger partial charge in [-0.05, 0) is 31.5 Å². The van der Waals surface area contributed by atoms with Crippen molar-refractivity contribution in [1.82, 2.24) is 10.2 Å². The SMILES string of the molecule is Cc1nnc(Oc2cccc(F)c2)c(/C(N)=N/O)c1C. The van der Waals surface area contributed by atoms with Crippen molar-refractivity contribution in [2.24, 2.45) is 10.9 Å². The number of rotatable bonds is 3. The molecule has 0 amide bonds. The number of oxime groups is 1. The molecule has 1 aromatic heterocycles. The number of aryl methyl sites for hydroxylation is 1. The fourth-order valence-corrected chi connectivity index (χ4v) is 1.65. The Labute approximate surface area is 114 Å². The number of amidine groups is 1. The van der Waals surface area contributed by atoms with Gasteiger partial charge in [-0.1, -0.05) is 11.2 Å². The lowest BCUT2D eigenvalue weighted by Gasteiger charge is -2.12. The quantitative estimate of drug-likeness (QED) is 0.387. The Hall–Kier alpha value is -2.70. The molecule has 0 spiro atoms. The summed E-state index contributed by atoms with van der Waals surface area (Å²) in [6, 6.07) is 5.56. The minimum Gasteiger partial charge on any atom is -0.437 e. The number of nitrogens with zero attached hydrogens (tertiary/aromatic N) is 3. The van der Waals surface area contributed by atoms with Crippen LogP contribution in [0.15, 0.2) is 29.4 Å². The average molecular weight is 276 g/mol. The lowest BCUT2D eigenvalue weighted by Crippen LogP contribution is -2.18. The molecule has 20 heavy (non-hydrogen) atoms. The van der Waals surface area contributed by atoms with Gasteiger partial charge < -0.3 is 15.7 Å². The zero-order valence-corrected chi connectivity index (χ0v) is 11.0. The molecular weight excluding hydrogens is 263 g/mol. The molecule has 1 aromatic carbocycles. The van der Waals surface area contributed by atoms with Gasteiger partial charge in [-0.15, -0.1) is 5.10 Å². The van der Waals surface area contributed by atoms with Crippen LogP contribution in [-0.2, 0) is 0 Å². The molecule has 0 aliphatic rings. The number of benzene rings is 1. The first kappa shape index (κ1) is 13.7. The average Bonchev–Trinajstić information content (AvgIpc) is 2.42. The van der Waals surface area contributed by atoms with Crippen molar-refractivity contribution in [3.8, 4) is 11.6 Å². The standard InChI is InChI=1S/C13H13FN4O2/c1-7-8(2)16-17-13(11(7)12(15)18-19)20-10-5-3-4-9(14)6-10/h3-6,19H,1-2H3,(H2,15,18). The second-order valence-electron chi connectivity index (χ2n) is 4.14. The van der Waals surface area contributed by atoms with Crippen molar-refractivity contribution in [3.63, 3.8) is 0 Å². The van der Waals surface area contributed by atoms with E-state index in [0.717, 1.165) is 0 Å². The zero-order chi connectivity index (χ0) is 14.7. The van der Waals surface area contributed by atoms with Crippen LogP contribution in [0.2, 0.25) is 0 Å². The van der Waals surface area contributed by atoms with Gasteiger partial charge in [0.15, 0.2) is 5.84 Å². The lowest BCUT2D eigenvalue weighted by molar-refractivity contribution is 0.318. The molecule has 3 N–H and O–H groups in total. The number of nitrogens with two attached hydrogens (primary N) is 1. The van der Waals surface area contributed by atoms with Crippen LogP contribution < -0.4 is 10.5 Å². The summed E-state index contributed by atoms with van der Waals surface area (Å²) in [6.07, 6.45) is 0. The summed E-state index contributed by atoms with van der Waals surface area (Å²) in [4.78, 5) is 0. The molecule has 1 heterocycles. The van der Waals surface area contributed by atoms with Crippen LogP contribution >= 0.6 is 0 Å². The molecule has 7 heteroatoms. The molecule has 2 aromatic rings. The van der Waals surface area contributed by atoms with Crippen molar-refractivity contribution < 1.29 is 14.3 Å². The molecule has 0 unspecified atom stereocenters. The van der Waals surface area contributed by atoms with Crippen molar-refractivity contribution in [3.05, 3.63) is 46.9 Å². The monoisotopic (exact) mass is 276 g/mol. The van der Waals surface area contributed by atoms with E-state index in [2.05, 4.69) is 15.4 Å². The van der Waals surface area contributed by atoms with Crippen LogP contribution in [0.25, 0.3) is 0 Å². The van der Waals surface area contributed by atoms with Crippen molar-refractivity contribution >= 4 is 5.84 Å². The van der Waals surface area contributed by atoms with E-state index < -0.39 is 5.82 Å². The molecular formula is C13H13FN4O2. The molecule has 0 aliphatic heterocycles. The van der Waals surface area contributed by atoms with E-state index in [1.165, 1.54) is 18.2 Å². The van der Waals surface area contributed by atoms with Gasteiger partial charge in [-0.25, -0.2) is 4.39 Å². The highest BCUT2D eigenvalue weighted by Gasteiger charge is 2.17. The molecule has 0 radical (unpaired) electrons. The minimum atomic E-state index is -0.440. The first-order valence-electron chi connectivity index (χ1n) is 5.78. The molecule has 6 nitrogen and oxygen atoms in total. The summed E-state index contributed by atoms with van der Waals surface area (Å²) >= 11 is 0. The Kier molecular flexibility index (Phi) is 3.79. The molecule has 104 valence electrons. The van der Waals surface area contributed by atoms with E-state index in [4.69, 9.17) is 15.7 Å². The first-order valence-corrected chi connectivity index (χ1v) is 5.78. The van der Waals surface area contributed by atoms with Gasteiger partial charge in [0.1, 0.15) is 11.6 Å². The molecule has 0 fully saturated rings. The predicted molar refractivity (Wildman–Crippen MR) is 70.5 cm³/mol. The van der Waals surface area contributed by atoms with Gasteiger partial charge in [-0.3, -0.25) is 0 Å². The maximum atomic E-state index is 13.1. The fraction of sp³-hybridized carbons (Fsp3) is 0.154. The number of hydrogen-bond acceptors (Lipinski definition) is 5. The van der Waals surface area contributed by atoms with Crippen molar-refractivity contribution in [1.29, 1.82) is 0 Å². The van der Waals surface area contributed by atoms with E-state index >= 15 is 0 Å². The Morgan fingerprint density at radius 1 is 1.35 bits per heavy atom. The van der Waals surface area contributed by atoms with Gasteiger partial charge in [0.05, 0.1) is 11.3 Å². The summed E-state index contributed by atoms with van der Waals surface area (Å²) < 4.78 is 18.6. The largest absolute Gasteiger partial charge is 0.437 e. The summed E-state index contributed by atoms with van der Waals surface area (Å²) in [6.45, 7) is 3.48. The summed E-state index contributed by atoms with van der Waals surface area (Å²) in [7, 11) is 0. The van der Waals surface area contributed by atoms with Gasteiger partial charge in [0.25, 0.3) is 0 Å². The Morgan fingerprint density at radius 3 is 2.75 bits per heavy atom. The summed E-state index contributed by atoms with van der Waals surface area (Å²) in [5, 5.41) is 19.6. The van der Waals surface area contributed by atoms with E-state index in [1.54, 1.807) is 19.9 Å². The maximum absolute atomic E-state index is 13.1. The third-order valence-corrected chi connectivity index (χ3v) is 2.80. The van der Waals surface area contributed by atoms with E-state index in [1.807, 2.05) is 0 Å². The number of ether oxygens (including phenoxy) is 1. The van der Waals surface area contributed by atoms with Crippen molar-refractivity contribution in [2.45, 2.75) is 13.8 Å². The van der Waals surface area contributed by atoms with E-state index in [-0.39, 0.29) is 17.5 Å². The second-order valence-corrected chi connectivity index (χ2v) is 4.14. The molecule has 0 aliphatic carbocycles. The van der Waals surface area contributed by atoms with Gasteiger partial charge in [0.2, 0.25) is 5.88 Å². The maximum Gasteiger partial charge on any atom is 0.250 e. The van der Waals surface area contributed by atoms with Crippen LogP contribution in [0.3, 0.4) is 0 Å².